The first-order chi connectivity index (χ1) is 12.1. The third-order valence-electron chi connectivity index (χ3n) is 4.77. The van der Waals surface area contributed by atoms with E-state index in [4.69, 9.17) is 5.11 Å². The molecule has 2 rings (SSSR count). The molecule has 3 nitrogen and oxygen atoms in total. The fourth-order valence-electron chi connectivity index (χ4n) is 3.25. The molecule has 0 aliphatic carbocycles. The van der Waals surface area contributed by atoms with Crippen LogP contribution in [0.4, 0.5) is 0 Å². The van der Waals surface area contributed by atoms with Gasteiger partial charge in [-0.2, -0.15) is 0 Å². The summed E-state index contributed by atoms with van der Waals surface area (Å²) in [6, 6.07) is 18.2. The van der Waals surface area contributed by atoms with Crippen LogP contribution < -0.4 is 5.32 Å². The van der Waals surface area contributed by atoms with Crippen molar-refractivity contribution >= 4 is 15.9 Å². The molecule has 0 aliphatic heterocycles. The number of hydrogen-bond donors (Lipinski definition) is 3. The van der Waals surface area contributed by atoms with Crippen LogP contribution in [0.15, 0.2) is 59.1 Å². The average Bonchev–Trinajstić information content (AvgIpc) is 2.65. The molecular weight excluding hydrogens is 378 g/mol. The van der Waals surface area contributed by atoms with E-state index < -0.39 is 5.60 Å². The third kappa shape index (κ3) is 5.38. The third-order valence-corrected chi connectivity index (χ3v) is 5.30. The predicted octanol–water partition coefficient (Wildman–Crippen LogP) is 4.19. The van der Waals surface area contributed by atoms with Crippen LogP contribution >= 0.6 is 15.9 Å². The lowest BCUT2D eigenvalue weighted by Crippen LogP contribution is -2.39. The van der Waals surface area contributed by atoms with Gasteiger partial charge in [0.1, 0.15) is 0 Å². The fraction of sp³-hybridized carbons (Fsp3) is 0.429. The molecule has 0 aliphatic rings. The van der Waals surface area contributed by atoms with Gasteiger partial charge in [-0.05, 0) is 49.1 Å². The van der Waals surface area contributed by atoms with Crippen LogP contribution in [-0.4, -0.2) is 29.9 Å². The Kier molecular flexibility index (Phi) is 8.10. The normalized spacial score (nSPS) is 14.9. The summed E-state index contributed by atoms with van der Waals surface area (Å²) in [6.45, 7) is 3.78. The van der Waals surface area contributed by atoms with E-state index >= 15 is 0 Å². The molecule has 2 aromatic rings. The highest BCUT2D eigenvalue weighted by molar-refractivity contribution is 9.10. The second-order valence-electron chi connectivity index (χ2n) is 6.38. The Balaban J connectivity index is 2.26. The Morgan fingerprint density at radius 2 is 1.72 bits per heavy atom. The Bertz CT molecular complexity index is 618. The highest BCUT2D eigenvalue weighted by Crippen LogP contribution is 2.39. The summed E-state index contributed by atoms with van der Waals surface area (Å²) in [7, 11) is 0. The number of benzene rings is 2. The van der Waals surface area contributed by atoms with Crippen molar-refractivity contribution in [3.05, 3.63) is 70.2 Å². The minimum Gasteiger partial charge on any atom is -0.396 e. The monoisotopic (exact) mass is 405 g/mol. The lowest BCUT2D eigenvalue weighted by molar-refractivity contribution is 0.00292. The zero-order chi connectivity index (χ0) is 18.1. The lowest BCUT2D eigenvalue weighted by Gasteiger charge is -2.37. The number of aliphatic hydroxyl groups is 2. The second-order valence-corrected chi connectivity index (χ2v) is 7.30. The lowest BCUT2D eigenvalue weighted by atomic mass is 9.75. The summed E-state index contributed by atoms with van der Waals surface area (Å²) in [5, 5.41) is 24.0. The van der Waals surface area contributed by atoms with E-state index in [0.29, 0.717) is 13.0 Å². The molecule has 0 radical (unpaired) electrons. The minimum absolute atomic E-state index is 0.0472. The summed E-state index contributed by atoms with van der Waals surface area (Å²) < 4.78 is 1.01. The Morgan fingerprint density at radius 1 is 1.04 bits per heavy atom. The quantitative estimate of drug-likeness (QED) is 0.519. The minimum atomic E-state index is -0.938. The first kappa shape index (κ1) is 20.1. The summed E-state index contributed by atoms with van der Waals surface area (Å²) >= 11 is 3.47. The molecule has 2 atom stereocenters. The van der Waals surface area contributed by atoms with Gasteiger partial charge in [0.25, 0.3) is 0 Å². The molecule has 4 heteroatoms. The van der Waals surface area contributed by atoms with Gasteiger partial charge in [-0.1, -0.05) is 65.3 Å². The smallest absolute Gasteiger partial charge is 0.0974 e. The number of nitrogens with one attached hydrogen (secondary N) is 1. The fourth-order valence-corrected chi connectivity index (χ4v) is 3.51. The van der Waals surface area contributed by atoms with Crippen molar-refractivity contribution in [1.29, 1.82) is 0 Å². The number of aliphatic hydroxyl groups excluding tert-OH is 1. The van der Waals surface area contributed by atoms with Gasteiger partial charge in [0.2, 0.25) is 0 Å². The van der Waals surface area contributed by atoms with E-state index in [0.717, 1.165) is 35.0 Å². The molecule has 0 amide bonds. The van der Waals surface area contributed by atoms with Crippen LogP contribution in [0.1, 0.15) is 43.2 Å². The van der Waals surface area contributed by atoms with Crippen molar-refractivity contribution < 1.29 is 10.2 Å². The summed E-state index contributed by atoms with van der Waals surface area (Å²) in [6.07, 6.45) is 2.36. The van der Waals surface area contributed by atoms with E-state index in [1.54, 1.807) is 0 Å². The van der Waals surface area contributed by atoms with Gasteiger partial charge in [-0.25, -0.2) is 0 Å². The van der Waals surface area contributed by atoms with Gasteiger partial charge in [0, 0.05) is 23.5 Å². The highest BCUT2D eigenvalue weighted by atomic mass is 79.9. The number of unbranched alkanes of at least 4 members (excludes halogenated alkanes) is 1. The van der Waals surface area contributed by atoms with Crippen molar-refractivity contribution in [3.8, 4) is 0 Å². The Morgan fingerprint density at radius 3 is 2.32 bits per heavy atom. The molecule has 2 aromatic carbocycles. The van der Waals surface area contributed by atoms with Crippen LogP contribution in [-0.2, 0) is 5.60 Å². The predicted molar refractivity (Wildman–Crippen MR) is 107 cm³/mol. The SMILES string of the molecule is CC[C@@](O)(c1ccc(Br)cc1)[C@@H](CNCCCCO)c1ccccc1. The molecule has 0 unspecified atom stereocenters. The number of halogens is 1. The second kappa shape index (κ2) is 10.1. The molecule has 0 bridgehead atoms. The van der Waals surface area contributed by atoms with Crippen LogP contribution in [0.2, 0.25) is 0 Å². The standard InChI is InChI=1S/C21H28BrNO2/c1-2-21(25,18-10-12-19(22)13-11-18)20(16-23-14-6-7-15-24)17-8-4-3-5-9-17/h3-5,8-13,20,23-25H,2,6-7,14-16H2,1H3/t20-,21+/m0/s1. The van der Waals surface area contributed by atoms with Crippen LogP contribution in [0.3, 0.4) is 0 Å². The number of hydrogen-bond acceptors (Lipinski definition) is 3. The van der Waals surface area contributed by atoms with E-state index in [1.807, 2.05) is 49.4 Å². The molecule has 0 saturated heterocycles. The summed E-state index contributed by atoms with van der Waals surface area (Å²) in [5.41, 5.74) is 1.13. The van der Waals surface area contributed by atoms with Gasteiger partial charge in [0.05, 0.1) is 5.60 Å². The van der Waals surface area contributed by atoms with E-state index in [-0.39, 0.29) is 12.5 Å². The molecule has 0 fully saturated rings. The van der Waals surface area contributed by atoms with Crippen LogP contribution in [0.5, 0.6) is 0 Å². The molecule has 0 saturated carbocycles. The van der Waals surface area contributed by atoms with Gasteiger partial charge in [-0.3, -0.25) is 0 Å². The first-order valence-electron chi connectivity index (χ1n) is 8.96. The van der Waals surface area contributed by atoms with E-state index in [1.165, 1.54) is 0 Å². The average molecular weight is 406 g/mol. The van der Waals surface area contributed by atoms with Gasteiger partial charge >= 0.3 is 0 Å². The topological polar surface area (TPSA) is 52.5 Å². The van der Waals surface area contributed by atoms with Crippen LogP contribution in [0.25, 0.3) is 0 Å². The van der Waals surface area contributed by atoms with Crippen molar-refractivity contribution in [1.82, 2.24) is 5.32 Å². The Hall–Kier alpha value is -1.20. The van der Waals surface area contributed by atoms with Crippen molar-refractivity contribution in [3.63, 3.8) is 0 Å². The summed E-state index contributed by atoms with van der Waals surface area (Å²) in [4.78, 5) is 0. The molecule has 0 heterocycles. The Labute approximate surface area is 159 Å². The van der Waals surface area contributed by atoms with Gasteiger partial charge in [0.15, 0.2) is 0 Å². The maximum absolute atomic E-state index is 11.6. The maximum atomic E-state index is 11.6. The van der Waals surface area contributed by atoms with Gasteiger partial charge < -0.3 is 15.5 Å². The van der Waals surface area contributed by atoms with E-state index in [9.17, 15) is 5.11 Å². The zero-order valence-electron chi connectivity index (χ0n) is 14.8. The number of rotatable bonds is 10. The van der Waals surface area contributed by atoms with Crippen molar-refractivity contribution in [2.75, 3.05) is 19.7 Å². The molecule has 0 aromatic heterocycles. The summed E-state index contributed by atoms with van der Waals surface area (Å²) in [5.74, 6) is -0.0472. The first-order valence-corrected chi connectivity index (χ1v) is 9.76. The van der Waals surface area contributed by atoms with Gasteiger partial charge in [-0.15, -0.1) is 0 Å². The molecule has 25 heavy (non-hydrogen) atoms. The largest absolute Gasteiger partial charge is 0.396 e. The maximum Gasteiger partial charge on any atom is 0.0974 e. The highest BCUT2D eigenvalue weighted by Gasteiger charge is 2.37. The molecule has 136 valence electrons. The molecular formula is C21H28BrNO2. The van der Waals surface area contributed by atoms with Crippen molar-refractivity contribution in [2.24, 2.45) is 0 Å². The molecule has 0 spiro atoms. The van der Waals surface area contributed by atoms with Crippen LogP contribution in [0, 0.1) is 0 Å². The molecule has 3 N–H and O–H groups in total. The van der Waals surface area contributed by atoms with E-state index in [2.05, 4.69) is 33.4 Å². The van der Waals surface area contributed by atoms with Crippen molar-refractivity contribution in [2.45, 2.75) is 37.7 Å². The zero-order valence-corrected chi connectivity index (χ0v) is 16.4.